The van der Waals surface area contributed by atoms with Crippen LogP contribution in [0, 0.1) is 6.92 Å². The molecule has 0 saturated heterocycles. The lowest BCUT2D eigenvalue weighted by atomic mass is 10.1. The first-order valence-electron chi connectivity index (χ1n) is 5.51. The molecule has 90 valence electrons. The molecule has 5 heteroatoms. The van der Waals surface area contributed by atoms with E-state index in [2.05, 4.69) is 9.97 Å². The maximum Gasteiger partial charge on any atom is 0.157 e. The fraction of sp³-hybridized carbons (Fsp3) is 0.0769. The van der Waals surface area contributed by atoms with E-state index in [0.29, 0.717) is 22.2 Å². The van der Waals surface area contributed by atoms with Crippen molar-refractivity contribution in [3.8, 4) is 11.3 Å². The van der Waals surface area contributed by atoms with Gasteiger partial charge < -0.3 is 5.73 Å². The third kappa shape index (κ3) is 1.54. The van der Waals surface area contributed by atoms with Gasteiger partial charge in [0.05, 0.1) is 5.02 Å². The number of imidazole rings is 1. The Kier molecular flexibility index (Phi) is 2.45. The summed E-state index contributed by atoms with van der Waals surface area (Å²) < 4.78 is 1.78. The summed E-state index contributed by atoms with van der Waals surface area (Å²) in [7, 11) is 0. The predicted octanol–water partition coefficient (Wildman–Crippen LogP) is 2.94. The number of hydrogen-bond acceptors (Lipinski definition) is 3. The lowest BCUT2D eigenvalue weighted by Gasteiger charge is -2.02. The molecule has 0 spiro atoms. The molecule has 4 nitrogen and oxygen atoms in total. The fourth-order valence-corrected chi connectivity index (χ4v) is 2.17. The highest BCUT2D eigenvalue weighted by molar-refractivity contribution is 6.33. The summed E-state index contributed by atoms with van der Waals surface area (Å²) in [4.78, 5) is 8.63. The van der Waals surface area contributed by atoms with Crippen molar-refractivity contribution >= 4 is 23.1 Å². The van der Waals surface area contributed by atoms with Crippen LogP contribution in [0.5, 0.6) is 0 Å². The van der Waals surface area contributed by atoms with E-state index in [1.165, 1.54) is 0 Å². The number of aryl methyl sites for hydroxylation is 1. The van der Waals surface area contributed by atoms with Crippen LogP contribution < -0.4 is 5.73 Å². The van der Waals surface area contributed by atoms with Crippen molar-refractivity contribution in [2.75, 3.05) is 5.73 Å². The van der Waals surface area contributed by atoms with Gasteiger partial charge in [-0.25, -0.2) is 4.98 Å². The molecular weight excluding hydrogens is 248 g/mol. The summed E-state index contributed by atoms with van der Waals surface area (Å²) in [5.41, 5.74) is 9.51. The lowest BCUT2D eigenvalue weighted by molar-refractivity contribution is 1.20. The first-order valence-corrected chi connectivity index (χ1v) is 5.89. The van der Waals surface area contributed by atoms with E-state index in [-0.39, 0.29) is 0 Å². The minimum Gasteiger partial charge on any atom is -0.383 e. The minimum atomic E-state index is 0.573. The van der Waals surface area contributed by atoms with Crippen LogP contribution in [-0.2, 0) is 0 Å². The molecule has 0 aliphatic rings. The van der Waals surface area contributed by atoms with Crippen LogP contribution in [0.2, 0.25) is 5.02 Å². The highest BCUT2D eigenvalue weighted by Gasteiger charge is 2.14. The van der Waals surface area contributed by atoms with Crippen LogP contribution in [0.1, 0.15) is 5.56 Å². The Morgan fingerprint density at radius 2 is 2.17 bits per heavy atom. The van der Waals surface area contributed by atoms with Crippen LogP contribution >= 0.6 is 11.6 Å². The van der Waals surface area contributed by atoms with E-state index in [0.717, 1.165) is 11.1 Å². The van der Waals surface area contributed by atoms with Crippen molar-refractivity contribution in [3.63, 3.8) is 0 Å². The number of rotatable bonds is 1. The summed E-state index contributed by atoms with van der Waals surface area (Å²) >= 11 is 6.12. The molecular formula is C13H11ClN4. The van der Waals surface area contributed by atoms with E-state index in [1.807, 2.05) is 25.3 Å². The van der Waals surface area contributed by atoms with E-state index in [9.17, 15) is 0 Å². The largest absolute Gasteiger partial charge is 0.383 e. The van der Waals surface area contributed by atoms with Crippen LogP contribution in [0.3, 0.4) is 0 Å². The summed E-state index contributed by atoms with van der Waals surface area (Å²) in [5, 5.41) is 0.581. The highest BCUT2D eigenvalue weighted by atomic mass is 35.5. The molecule has 3 rings (SSSR count). The van der Waals surface area contributed by atoms with E-state index < -0.39 is 0 Å². The van der Waals surface area contributed by atoms with Gasteiger partial charge in [-0.05, 0) is 30.7 Å². The van der Waals surface area contributed by atoms with E-state index in [4.69, 9.17) is 17.3 Å². The second-order valence-electron chi connectivity index (χ2n) is 4.09. The van der Waals surface area contributed by atoms with Crippen molar-refractivity contribution in [1.82, 2.24) is 14.4 Å². The quantitative estimate of drug-likeness (QED) is 0.730. The number of nitrogen functional groups attached to an aromatic ring is 1. The Balaban J connectivity index is 2.35. The van der Waals surface area contributed by atoms with E-state index in [1.54, 1.807) is 22.9 Å². The second kappa shape index (κ2) is 3.99. The number of nitrogens with two attached hydrogens (primary N) is 1. The van der Waals surface area contributed by atoms with Gasteiger partial charge in [0.15, 0.2) is 5.65 Å². The van der Waals surface area contributed by atoms with Gasteiger partial charge in [0.2, 0.25) is 0 Å². The lowest BCUT2D eigenvalue weighted by Crippen LogP contribution is -1.94. The number of fused-ring (bicyclic) bond motifs is 1. The van der Waals surface area contributed by atoms with E-state index >= 15 is 0 Å². The summed E-state index contributed by atoms with van der Waals surface area (Å²) in [6, 6.07) is 5.57. The fourth-order valence-electron chi connectivity index (χ4n) is 1.96. The normalized spacial score (nSPS) is 11.0. The maximum absolute atomic E-state index is 6.12. The number of hydrogen-bond donors (Lipinski definition) is 1. The Morgan fingerprint density at radius 1 is 1.33 bits per heavy atom. The zero-order valence-electron chi connectivity index (χ0n) is 9.76. The number of halogens is 1. The average Bonchev–Trinajstić information content (AvgIpc) is 2.70. The Morgan fingerprint density at radius 3 is 2.89 bits per heavy atom. The molecule has 0 aliphatic carbocycles. The number of anilines is 1. The van der Waals surface area contributed by atoms with Gasteiger partial charge in [-0.15, -0.1) is 0 Å². The first kappa shape index (κ1) is 11.0. The van der Waals surface area contributed by atoms with Crippen LogP contribution in [0.15, 0.2) is 36.8 Å². The zero-order valence-corrected chi connectivity index (χ0v) is 10.5. The van der Waals surface area contributed by atoms with Gasteiger partial charge in [0.25, 0.3) is 0 Å². The van der Waals surface area contributed by atoms with Gasteiger partial charge in [0.1, 0.15) is 11.5 Å². The van der Waals surface area contributed by atoms with Crippen LogP contribution in [0.4, 0.5) is 5.82 Å². The molecule has 0 saturated carbocycles. The summed E-state index contributed by atoms with van der Waals surface area (Å²) in [5.74, 6) is 0.573. The van der Waals surface area contributed by atoms with Crippen LogP contribution in [0.25, 0.3) is 16.9 Å². The molecule has 3 heterocycles. The molecule has 0 aromatic carbocycles. The van der Waals surface area contributed by atoms with Gasteiger partial charge in [-0.2, -0.15) is 0 Å². The van der Waals surface area contributed by atoms with Crippen molar-refractivity contribution in [3.05, 3.63) is 47.4 Å². The predicted molar refractivity (Wildman–Crippen MR) is 72.6 cm³/mol. The summed E-state index contributed by atoms with van der Waals surface area (Å²) in [6.07, 6.45) is 5.36. The number of nitrogens with zero attached hydrogens (tertiary/aromatic N) is 3. The molecule has 2 N–H and O–H groups in total. The first-order chi connectivity index (χ1) is 8.68. The van der Waals surface area contributed by atoms with Crippen molar-refractivity contribution in [2.45, 2.75) is 6.92 Å². The molecule has 0 amide bonds. The molecule has 0 bridgehead atoms. The molecule has 3 aromatic rings. The van der Waals surface area contributed by atoms with Crippen molar-refractivity contribution in [2.24, 2.45) is 0 Å². The molecule has 0 aliphatic heterocycles. The monoisotopic (exact) mass is 258 g/mol. The van der Waals surface area contributed by atoms with Crippen molar-refractivity contribution in [1.29, 1.82) is 0 Å². The average molecular weight is 259 g/mol. The number of pyridine rings is 2. The van der Waals surface area contributed by atoms with Gasteiger partial charge in [-0.3, -0.25) is 9.38 Å². The smallest absolute Gasteiger partial charge is 0.157 e. The summed E-state index contributed by atoms with van der Waals surface area (Å²) in [6.45, 7) is 2.00. The second-order valence-corrected chi connectivity index (χ2v) is 4.49. The number of aromatic nitrogens is 3. The zero-order chi connectivity index (χ0) is 12.7. The van der Waals surface area contributed by atoms with Crippen molar-refractivity contribution < 1.29 is 0 Å². The molecule has 3 aromatic heterocycles. The third-order valence-electron chi connectivity index (χ3n) is 2.93. The Bertz CT molecular complexity index is 733. The molecule has 0 atom stereocenters. The molecule has 0 fully saturated rings. The standard InChI is InChI=1S/C13H11ClN4/c1-8-4-5-16-7-9(8)11-12(15)18-6-2-3-10(14)13(18)17-11/h2-7H,15H2,1H3. The topological polar surface area (TPSA) is 56.2 Å². The minimum absolute atomic E-state index is 0.573. The SMILES string of the molecule is Cc1ccncc1-c1nc2c(Cl)cccn2c1N. The Labute approximate surface area is 109 Å². The molecule has 18 heavy (non-hydrogen) atoms. The maximum atomic E-state index is 6.12. The van der Waals surface area contributed by atoms with Crippen LogP contribution in [-0.4, -0.2) is 14.4 Å². The third-order valence-corrected chi connectivity index (χ3v) is 3.23. The van der Waals surface area contributed by atoms with Gasteiger partial charge >= 0.3 is 0 Å². The Hall–Kier alpha value is -2.07. The molecule has 0 unspecified atom stereocenters. The van der Waals surface area contributed by atoms with Gasteiger partial charge in [0, 0.05) is 24.2 Å². The molecule has 0 radical (unpaired) electrons. The highest BCUT2D eigenvalue weighted by Crippen LogP contribution is 2.30. The van der Waals surface area contributed by atoms with Gasteiger partial charge in [-0.1, -0.05) is 11.6 Å².